The van der Waals surface area contributed by atoms with E-state index in [1.165, 1.54) is 0 Å². The number of hydrogen-bond donors (Lipinski definition) is 2. The predicted octanol–water partition coefficient (Wildman–Crippen LogP) is 3.07. The molecule has 1 aromatic carbocycles. The molecule has 0 bridgehead atoms. The minimum absolute atomic E-state index is 0.0271. The average molecular weight is 412 g/mol. The normalized spacial score (nSPS) is 15.8. The maximum absolute atomic E-state index is 12.0. The van der Waals surface area contributed by atoms with Crippen LogP contribution in [0.2, 0.25) is 5.02 Å². The number of carbonyl (C=O) groups excluding carboxylic acids is 1. The van der Waals surface area contributed by atoms with Gasteiger partial charge in [0.05, 0.1) is 36.4 Å². The van der Waals surface area contributed by atoms with E-state index in [0.717, 1.165) is 34.1 Å². The van der Waals surface area contributed by atoms with Crippen LogP contribution >= 0.6 is 11.6 Å². The first-order chi connectivity index (χ1) is 13.9. The predicted molar refractivity (Wildman–Crippen MR) is 113 cm³/mol. The smallest absolute Gasteiger partial charge is 0.246 e. The van der Waals surface area contributed by atoms with Gasteiger partial charge in [0, 0.05) is 18.1 Å². The molecule has 2 N–H and O–H groups in total. The number of rotatable bonds is 5. The first-order valence-electron chi connectivity index (χ1n) is 9.34. The number of aromatic nitrogens is 4. The second-order valence-corrected chi connectivity index (χ2v) is 7.52. The zero-order valence-electron chi connectivity index (χ0n) is 16.5. The van der Waals surface area contributed by atoms with Crippen molar-refractivity contribution in [1.82, 2.24) is 20.0 Å². The fourth-order valence-corrected chi connectivity index (χ4v) is 3.47. The summed E-state index contributed by atoms with van der Waals surface area (Å²) in [6.45, 7) is 4.80. The lowest BCUT2D eigenvalue weighted by molar-refractivity contribution is -0.117. The summed E-state index contributed by atoms with van der Waals surface area (Å²) >= 11 is 6.21. The minimum atomic E-state index is -0.234. The Balaban J connectivity index is 1.46. The number of anilines is 3. The van der Waals surface area contributed by atoms with Crippen LogP contribution in [0, 0.1) is 6.92 Å². The molecule has 3 heterocycles. The van der Waals surface area contributed by atoms with E-state index in [1.807, 2.05) is 62.3 Å². The van der Waals surface area contributed by atoms with Gasteiger partial charge >= 0.3 is 0 Å². The molecule has 1 aliphatic heterocycles. The van der Waals surface area contributed by atoms with Crippen molar-refractivity contribution in [2.45, 2.75) is 33.0 Å². The molecule has 0 saturated carbocycles. The third kappa shape index (κ3) is 3.88. The van der Waals surface area contributed by atoms with Gasteiger partial charge in [0.25, 0.3) is 0 Å². The van der Waals surface area contributed by atoms with E-state index in [-0.39, 0.29) is 11.9 Å². The van der Waals surface area contributed by atoms with E-state index in [1.54, 1.807) is 4.68 Å². The van der Waals surface area contributed by atoms with Crippen LogP contribution < -0.4 is 15.5 Å². The Morgan fingerprint density at radius 2 is 2.10 bits per heavy atom. The van der Waals surface area contributed by atoms with E-state index in [4.69, 9.17) is 11.6 Å². The molecule has 3 aromatic rings. The Morgan fingerprint density at radius 3 is 2.90 bits per heavy atom. The van der Waals surface area contributed by atoms with Crippen LogP contribution in [-0.2, 0) is 17.9 Å². The lowest BCUT2D eigenvalue weighted by atomic mass is 10.1. The van der Waals surface area contributed by atoms with Crippen LogP contribution in [0.15, 0.2) is 36.5 Å². The zero-order chi connectivity index (χ0) is 20.5. The van der Waals surface area contributed by atoms with Crippen molar-refractivity contribution < 1.29 is 4.79 Å². The van der Waals surface area contributed by atoms with Crippen LogP contribution in [0.5, 0.6) is 0 Å². The molecule has 29 heavy (non-hydrogen) atoms. The second-order valence-electron chi connectivity index (χ2n) is 7.12. The van der Waals surface area contributed by atoms with Crippen LogP contribution in [0.3, 0.4) is 0 Å². The summed E-state index contributed by atoms with van der Waals surface area (Å²) in [5.41, 5.74) is 4.25. The summed E-state index contributed by atoms with van der Waals surface area (Å²) in [6, 6.07) is 9.39. The van der Waals surface area contributed by atoms with Gasteiger partial charge in [0.2, 0.25) is 5.91 Å². The number of likely N-dealkylation sites (N-methyl/N-ethyl adjacent to an activating group) is 1. The van der Waals surface area contributed by atoms with Crippen molar-refractivity contribution in [3.63, 3.8) is 0 Å². The van der Waals surface area contributed by atoms with Crippen molar-refractivity contribution in [1.29, 1.82) is 0 Å². The minimum Gasteiger partial charge on any atom is -0.364 e. The Labute approximate surface area is 173 Å². The summed E-state index contributed by atoms with van der Waals surface area (Å²) in [5.74, 6) is 0.692. The largest absolute Gasteiger partial charge is 0.364 e. The van der Waals surface area contributed by atoms with Gasteiger partial charge in [-0.15, -0.1) is 5.10 Å². The second kappa shape index (κ2) is 7.71. The van der Waals surface area contributed by atoms with Crippen LogP contribution in [-0.4, -0.2) is 39.0 Å². The number of benzene rings is 1. The van der Waals surface area contributed by atoms with Gasteiger partial charge in [-0.25, -0.2) is 9.67 Å². The zero-order valence-corrected chi connectivity index (χ0v) is 17.2. The van der Waals surface area contributed by atoms with Crippen molar-refractivity contribution in [2.75, 3.05) is 22.6 Å². The number of carbonyl (C=O) groups is 1. The highest BCUT2D eigenvalue weighted by molar-refractivity contribution is 6.31. The number of hydrogen-bond acceptors (Lipinski definition) is 6. The lowest BCUT2D eigenvalue weighted by Gasteiger charge is -2.34. The summed E-state index contributed by atoms with van der Waals surface area (Å²) in [4.78, 5) is 18.6. The van der Waals surface area contributed by atoms with Gasteiger partial charge in [-0.2, -0.15) is 0 Å². The van der Waals surface area contributed by atoms with Crippen molar-refractivity contribution in [2.24, 2.45) is 0 Å². The topological polar surface area (TPSA) is 88.0 Å². The van der Waals surface area contributed by atoms with Crippen molar-refractivity contribution >= 4 is 34.7 Å². The molecule has 0 spiro atoms. The number of halogens is 1. The van der Waals surface area contributed by atoms with Gasteiger partial charge < -0.3 is 15.5 Å². The molecule has 1 aliphatic rings. The highest BCUT2D eigenvalue weighted by Crippen LogP contribution is 2.34. The van der Waals surface area contributed by atoms with Crippen LogP contribution in [0.1, 0.15) is 23.9 Å². The molecule has 0 radical (unpaired) electrons. The Kier molecular flexibility index (Phi) is 5.10. The Morgan fingerprint density at radius 1 is 1.31 bits per heavy atom. The number of amides is 1. The molecule has 1 atom stereocenters. The number of pyridine rings is 1. The molecule has 8 nitrogen and oxygen atoms in total. The summed E-state index contributed by atoms with van der Waals surface area (Å²) in [7, 11) is 1.91. The molecule has 2 aromatic heterocycles. The van der Waals surface area contributed by atoms with Gasteiger partial charge in [0.1, 0.15) is 17.6 Å². The molecule has 150 valence electrons. The highest BCUT2D eigenvalue weighted by Gasteiger charge is 2.28. The number of nitrogens with zero attached hydrogens (tertiary/aromatic N) is 5. The van der Waals surface area contributed by atoms with E-state index < -0.39 is 0 Å². The monoisotopic (exact) mass is 411 g/mol. The van der Waals surface area contributed by atoms with Crippen molar-refractivity contribution in [3.05, 3.63) is 58.5 Å². The number of fused-ring (bicyclic) bond motifs is 1. The fraction of sp³-hybridized carbons (Fsp3) is 0.300. The molecule has 4 rings (SSSR count). The Hall–Kier alpha value is -3.13. The Bertz CT molecular complexity index is 1060. The maximum Gasteiger partial charge on any atom is 0.246 e. The van der Waals surface area contributed by atoms with Crippen molar-refractivity contribution in [3.8, 4) is 0 Å². The SMILES string of the molecule is Cc1nc(NCc2cn(Cc3ccccc3Cl)nn2)cc2c1NC(=O)[C@H](C)N2C. The molecule has 1 amide bonds. The van der Waals surface area contributed by atoms with Crippen LogP contribution in [0.25, 0.3) is 0 Å². The molecule has 0 aliphatic carbocycles. The maximum atomic E-state index is 12.0. The van der Waals surface area contributed by atoms with Gasteiger partial charge in [-0.05, 0) is 25.5 Å². The molecule has 0 saturated heterocycles. The van der Waals surface area contributed by atoms with Gasteiger partial charge in [-0.1, -0.05) is 35.0 Å². The molecule has 9 heteroatoms. The first-order valence-corrected chi connectivity index (χ1v) is 9.72. The third-order valence-corrected chi connectivity index (χ3v) is 5.46. The number of nitrogens with one attached hydrogen (secondary N) is 2. The van der Waals surface area contributed by atoms with Gasteiger partial charge in [-0.3, -0.25) is 4.79 Å². The lowest BCUT2D eigenvalue weighted by Crippen LogP contribution is -2.44. The average Bonchev–Trinajstić information content (AvgIpc) is 3.15. The van der Waals surface area contributed by atoms with E-state index in [2.05, 4.69) is 25.9 Å². The summed E-state index contributed by atoms with van der Waals surface area (Å²) < 4.78 is 1.76. The summed E-state index contributed by atoms with van der Waals surface area (Å²) in [5, 5.41) is 15.3. The highest BCUT2D eigenvalue weighted by atomic mass is 35.5. The van der Waals surface area contributed by atoms with Gasteiger partial charge in [0.15, 0.2) is 0 Å². The molecule has 0 fully saturated rings. The fourth-order valence-electron chi connectivity index (χ4n) is 3.27. The van der Waals surface area contributed by atoms with Crippen LogP contribution in [0.4, 0.5) is 17.2 Å². The molecular weight excluding hydrogens is 390 g/mol. The quantitative estimate of drug-likeness (QED) is 0.670. The standard InChI is InChI=1S/C20H22ClN7O/c1-12-19-17(27(3)13(2)20(29)24-19)8-18(23-12)22-9-15-11-28(26-25-15)10-14-6-4-5-7-16(14)21/h4-8,11,13H,9-10H2,1-3H3,(H,22,23)(H,24,29)/t13-/m0/s1. The number of aryl methyl sites for hydroxylation is 1. The van der Waals surface area contributed by atoms with E-state index in [0.29, 0.717) is 18.1 Å². The molecular formula is C20H22ClN7O. The third-order valence-electron chi connectivity index (χ3n) is 5.10. The summed E-state index contributed by atoms with van der Waals surface area (Å²) in [6.07, 6.45) is 1.88. The molecule has 0 unspecified atom stereocenters. The van der Waals surface area contributed by atoms with E-state index >= 15 is 0 Å². The first kappa shape index (κ1) is 19.2. The van der Waals surface area contributed by atoms with E-state index in [9.17, 15) is 4.79 Å².